The Morgan fingerprint density at radius 3 is 2.59 bits per heavy atom. The molecule has 90 valence electrons. The fraction of sp³-hybridized carbons (Fsp3) is 0.333. The molecule has 1 aromatic carbocycles. The fourth-order valence-electron chi connectivity index (χ4n) is 1.68. The van der Waals surface area contributed by atoms with E-state index < -0.39 is 11.6 Å². The minimum absolute atomic E-state index is 0.104. The molecule has 2 rings (SSSR count). The Balaban J connectivity index is 2.67. The van der Waals surface area contributed by atoms with Gasteiger partial charge in [0.1, 0.15) is 0 Å². The summed E-state index contributed by atoms with van der Waals surface area (Å²) in [5.41, 5.74) is -0.170. The van der Waals surface area contributed by atoms with Crippen LogP contribution in [0.5, 0.6) is 0 Å². The molecule has 2 aromatic rings. The van der Waals surface area contributed by atoms with Gasteiger partial charge in [-0.3, -0.25) is 9.36 Å². The van der Waals surface area contributed by atoms with Crippen LogP contribution < -0.4 is 5.56 Å². The van der Waals surface area contributed by atoms with Gasteiger partial charge in [0.2, 0.25) is 0 Å². The van der Waals surface area contributed by atoms with E-state index in [9.17, 15) is 13.6 Å². The first-order chi connectivity index (χ1) is 7.99. The Kier molecular flexibility index (Phi) is 2.92. The third kappa shape index (κ3) is 2.18. The van der Waals surface area contributed by atoms with Gasteiger partial charge in [0, 0.05) is 12.6 Å². The number of nitrogens with zero attached hydrogens (tertiary/aromatic N) is 2. The molecule has 0 aliphatic carbocycles. The van der Waals surface area contributed by atoms with Crippen LogP contribution in [0.25, 0.3) is 10.9 Å². The van der Waals surface area contributed by atoms with E-state index in [2.05, 4.69) is 4.98 Å². The van der Waals surface area contributed by atoms with Crippen molar-refractivity contribution in [2.45, 2.75) is 20.4 Å². The first-order valence-electron chi connectivity index (χ1n) is 5.33. The highest BCUT2D eigenvalue weighted by Crippen LogP contribution is 2.13. The van der Waals surface area contributed by atoms with Gasteiger partial charge >= 0.3 is 0 Å². The summed E-state index contributed by atoms with van der Waals surface area (Å²) in [4.78, 5) is 15.9. The summed E-state index contributed by atoms with van der Waals surface area (Å²) in [6.45, 7) is 4.42. The molecule has 5 heteroatoms. The smallest absolute Gasteiger partial charge is 0.261 e. The number of aromatic nitrogens is 2. The predicted molar refractivity (Wildman–Crippen MR) is 60.8 cm³/mol. The van der Waals surface area contributed by atoms with Crippen molar-refractivity contribution in [2.24, 2.45) is 5.92 Å². The van der Waals surface area contributed by atoms with Gasteiger partial charge in [-0.15, -0.1) is 0 Å². The van der Waals surface area contributed by atoms with Crippen molar-refractivity contribution in [1.29, 1.82) is 0 Å². The summed E-state index contributed by atoms with van der Waals surface area (Å²) in [5, 5.41) is 0.104. The first kappa shape index (κ1) is 11.7. The van der Waals surface area contributed by atoms with Gasteiger partial charge in [-0.2, -0.15) is 0 Å². The molecule has 0 radical (unpaired) electrons. The first-order valence-corrected chi connectivity index (χ1v) is 5.33. The van der Waals surface area contributed by atoms with Crippen molar-refractivity contribution in [3.05, 3.63) is 40.4 Å². The minimum atomic E-state index is -1.03. The molecular weight excluding hydrogens is 226 g/mol. The quantitative estimate of drug-likeness (QED) is 0.804. The Hall–Kier alpha value is -1.78. The maximum absolute atomic E-state index is 13.1. The third-order valence-electron chi connectivity index (χ3n) is 2.43. The topological polar surface area (TPSA) is 34.9 Å². The van der Waals surface area contributed by atoms with Crippen LogP contribution >= 0.6 is 0 Å². The molecule has 0 atom stereocenters. The summed E-state index contributed by atoms with van der Waals surface area (Å²) in [7, 11) is 0. The average molecular weight is 238 g/mol. The van der Waals surface area contributed by atoms with Crippen LogP contribution in [0.1, 0.15) is 13.8 Å². The van der Waals surface area contributed by atoms with Gasteiger partial charge < -0.3 is 0 Å². The number of benzene rings is 1. The molecule has 0 spiro atoms. The van der Waals surface area contributed by atoms with E-state index in [0.717, 1.165) is 12.1 Å². The van der Waals surface area contributed by atoms with Crippen LogP contribution in [0.15, 0.2) is 23.3 Å². The van der Waals surface area contributed by atoms with Crippen LogP contribution in [-0.4, -0.2) is 9.55 Å². The van der Waals surface area contributed by atoms with Gasteiger partial charge in [-0.25, -0.2) is 13.8 Å². The lowest BCUT2D eigenvalue weighted by molar-refractivity contribution is 0.503. The molecule has 1 aromatic heterocycles. The maximum Gasteiger partial charge on any atom is 0.261 e. The highest BCUT2D eigenvalue weighted by molar-refractivity contribution is 5.77. The molecule has 1 heterocycles. The third-order valence-corrected chi connectivity index (χ3v) is 2.43. The summed E-state index contributed by atoms with van der Waals surface area (Å²) in [6.07, 6.45) is 1.36. The average Bonchev–Trinajstić information content (AvgIpc) is 2.25. The molecule has 0 aliphatic rings. The second kappa shape index (κ2) is 4.24. The fourth-order valence-corrected chi connectivity index (χ4v) is 1.68. The van der Waals surface area contributed by atoms with Crippen molar-refractivity contribution in [3.8, 4) is 0 Å². The van der Waals surface area contributed by atoms with Gasteiger partial charge in [0.15, 0.2) is 11.6 Å². The molecule has 0 N–H and O–H groups in total. The molecule has 0 saturated carbocycles. The van der Waals surface area contributed by atoms with Crippen molar-refractivity contribution < 1.29 is 8.78 Å². The van der Waals surface area contributed by atoms with E-state index in [1.807, 2.05) is 13.8 Å². The zero-order valence-corrected chi connectivity index (χ0v) is 9.58. The van der Waals surface area contributed by atoms with Crippen LogP contribution in [0, 0.1) is 17.6 Å². The van der Waals surface area contributed by atoms with Crippen molar-refractivity contribution in [3.63, 3.8) is 0 Å². The molecule has 0 aliphatic heterocycles. The summed E-state index contributed by atoms with van der Waals surface area (Å²) < 4.78 is 27.4. The normalized spacial score (nSPS) is 11.4. The zero-order valence-electron chi connectivity index (χ0n) is 9.58. The van der Waals surface area contributed by atoms with Crippen molar-refractivity contribution in [1.82, 2.24) is 9.55 Å². The van der Waals surface area contributed by atoms with Crippen molar-refractivity contribution in [2.75, 3.05) is 0 Å². The highest BCUT2D eigenvalue weighted by Gasteiger charge is 2.10. The van der Waals surface area contributed by atoms with Crippen molar-refractivity contribution >= 4 is 10.9 Å². The van der Waals surface area contributed by atoms with Gasteiger partial charge in [0.25, 0.3) is 5.56 Å². The Bertz CT molecular complexity index is 620. The number of fused-ring (bicyclic) bond motifs is 1. The Morgan fingerprint density at radius 2 is 1.94 bits per heavy atom. The number of hydrogen-bond acceptors (Lipinski definition) is 2. The van der Waals surface area contributed by atoms with Crippen LogP contribution in [-0.2, 0) is 6.54 Å². The number of halogens is 2. The van der Waals surface area contributed by atoms with Crippen LogP contribution in [0.4, 0.5) is 8.78 Å². The van der Waals surface area contributed by atoms with E-state index in [1.54, 1.807) is 0 Å². The van der Waals surface area contributed by atoms with E-state index in [-0.39, 0.29) is 22.4 Å². The summed E-state index contributed by atoms with van der Waals surface area (Å²) >= 11 is 0. The molecule has 3 nitrogen and oxygen atoms in total. The van der Waals surface area contributed by atoms with Gasteiger partial charge in [-0.05, 0) is 12.0 Å². The van der Waals surface area contributed by atoms with E-state index in [1.165, 1.54) is 10.9 Å². The zero-order chi connectivity index (χ0) is 12.6. The van der Waals surface area contributed by atoms with Gasteiger partial charge in [0.05, 0.1) is 17.2 Å². The summed E-state index contributed by atoms with van der Waals surface area (Å²) in [5.74, 6) is -1.75. The van der Waals surface area contributed by atoms with Gasteiger partial charge in [-0.1, -0.05) is 13.8 Å². The van der Waals surface area contributed by atoms with E-state index >= 15 is 0 Å². The van der Waals surface area contributed by atoms with Crippen LogP contribution in [0.2, 0.25) is 0 Å². The summed E-state index contributed by atoms with van der Waals surface area (Å²) in [6, 6.07) is 1.84. The number of hydrogen-bond donors (Lipinski definition) is 0. The molecule has 0 fully saturated rings. The van der Waals surface area contributed by atoms with E-state index in [4.69, 9.17) is 0 Å². The second-order valence-corrected chi connectivity index (χ2v) is 4.38. The monoisotopic (exact) mass is 238 g/mol. The van der Waals surface area contributed by atoms with E-state index in [0.29, 0.717) is 6.54 Å². The second-order valence-electron chi connectivity index (χ2n) is 4.38. The Morgan fingerprint density at radius 1 is 1.29 bits per heavy atom. The maximum atomic E-state index is 13.1. The Labute approximate surface area is 96.7 Å². The predicted octanol–water partition coefficient (Wildman–Crippen LogP) is 2.33. The molecule has 0 bridgehead atoms. The molecule has 0 amide bonds. The SMILES string of the molecule is CC(C)Cn1cnc2cc(F)c(F)cc2c1=O. The largest absolute Gasteiger partial charge is 0.298 e. The standard InChI is InChI=1S/C12H12F2N2O/c1-7(2)5-16-6-15-11-4-10(14)9(13)3-8(11)12(16)17/h3-4,6-7H,5H2,1-2H3. The lowest BCUT2D eigenvalue weighted by Gasteiger charge is -2.08. The lowest BCUT2D eigenvalue weighted by Crippen LogP contribution is -2.23. The van der Waals surface area contributed by atoms with Crippen LogP contribution in [0.3, 0.4) is 0 Å². The molecule has 17 heavy (non-hydrogen) atoms. The molecular formula is C12H12F2N2O. The molecule has 0 unspecified atom stereocenters. The minimum Gasteiger partial charge on any atom is -0.298 e. The highest BCUT2D eigenvalue weighted by atomic mass is 19.2. The lowest BCUT2D eigenvalue weighted by atomic mass is 10.2. The molecule has 0 saturated heterocycles. The number of rotatable bonds is 2.